The van der Waals surface area contributed by atoms with Gasteiger partial charge in [0, 0.05) is 33.5 Å². The number of phenolic OH excluding ortho intramolecular Hbond substituents is 1. The van der Waals surface area contributed by atoms with E-state index in [1.165, 1.54) is 42.1 Å². The molecule has 0 atom stereocenters. The average Bonchev–Trinajstić information content (AvgIpc) is 3.55. The Hall–Kier alpha value is -4.38. The second-order valence-electron chi connectivity index (χ2n) is 11.0. The molecular weight excluding hydrogens is 482 g/mol. The first kappa shape index (κ1) is 23.7. The number of aromatic hydroxyl groups is 1. The second kappa shape index (κ2) is 9.12. The molecule has 1 aliphatic rings. The smallest absolute Gasteiger partial charge is 0.222 e. The Labute approximate surface area is 227 Å². The van der Waals surface area contributed by atoms with Crippen LogP contribution in [-0.4, -0.2) is 19.6 Å². The molecule has 1 saturated carbocycles. The van der Waals surface area contributed by atoms with Crippen LogP contribution in [0.2, 0.25) is 0 Å². The number of hydrogen-bond donors (Lipinski definition) is 1. The highest BCUT2D eigenvalue weighted by molar-refractivity contribution is 6.09. The largest absolute Gasteiger partial charge is 0.506 e. The molecule has 3 heterocycles. The number of ether oxygens (including phenoxy) is 1. The van der Waals surface area contributed by atoms with Crippen LogP contribution in [0.3, 0.4) is 0 Å². The first-order chi connectivity index (χ1) is 18.9. The topological polar surface area (TPSA) is 60.2 Å². The minimum absolute atomic E-state index is 0.161. The van der Waals surface area contributed by atoms with Gasteiger partial charge in [-0.15, -0.1) is 0 Å². The molecule has 0 unspecified atom stereocenters. The molecule has 1 aliphatic carbocycles. The number of aryl methyl sites for hydroxylation is 3. The van der Waals surface area contributed by atoms with Gasteiger partial charge in [0.05, 0.1) is 11.0 Å². The molecule has 1 fully saturated rings. The molecule has 5 heteroatoms. The predicted molar refractivity (Wildman–Crippen MR) is 157 cm³/mol. The van der Waals surface area contributed by atoms with Crippen molar-refractivity contribution in [2.24, 2.45) is 0 Å². The number of phenols is 1. The lowest BCUT2D eigenvalue weighted by atomic mass is 9.96. The highest BCUT2D eigenvalue weighted by atomic mass is 16.5. The number of nitrogens with zero attached hydrogens (tertiary/aromatic N) is 3. The SMILES string of the molecule is Cc1cc(O)c2nc(Oc3ccc4c5ccc(C6CCCC6)cc5n(-c5cccc(C)n5)c4c3)c(C)cc2c1. The van der Waals surface area contributed by atoms with E-state index in [4.69, 9.17) is 14.7 Å². The second-order valence-corrected chi connectivity index (χ2v) is 11.0. The van der Waals surface area contributed by atoms with Gasteiger partial charge in [0.1, 0.15) is 22.8 Å². The molecule has 0 amide bonds. The summed E-state index contributed by atoms with van der Waals surface area (Å²) in [5.41, 5.74) is 7.06. The molecule has 3 aromatic carbocycles. The maximum Gasteiger partial charge on any atom is 0.222 e. The molecule has 0 bridgehead atoms. The molecule has 0 spiro atoms. The normalized spacial score (nSPS) is 14.1. The lowest BCUT2D eigenvalue weighted by Gasteiger charge is -2.12. The average molecular weight is 514 g/mol. The number of pyridine rings is 2. The van der Waals surface area contributed by atoms with Crippen molar-refractivity contribution >= 4 is 32.7 Å². The summed E-state index contributed by atoms with van der Waals surface area (Å²) in [7, 11) is 0. The number of aromatic nitrogens is 3. The number of fused-ring (bicyclic) bond motifs is 4. The molecule has 7 rings (SSSR count). The molecule has 6 aromatic rings. The molecule has 0 saturated heterocycles. The number of benzene rings is 3. The van der Waals surface area contributed by atoms with Gasteiger partial charge in [0.25, 0.3) is 0 Å². The minimum atomic E-state index is 0.161. The quantitative estimate of drug-likeness (QED) is 0.256. The number of hydrogen-bond acceptors (Lipinski definition) is 4. The molecule has 3 aromatic heterocycles. The lowest BCUT2D eigenvalue weighted by Crippen LogP contribution is -2.00. The van der Waals surface area contributed by atoms with Gasteiger partial charge >= 0.3 is 0 Å². The van der Waals surface area contributed by atoms with Crippen LogP contribution in [0, 0.1) is 20.8 Å². The van der Waals surface area contributed by atoms with Gasteiger partial charge in [0.15, 0.2) is 0 Å². The molecule has 0 aliphatic heterocycles. The minimum Gasteiger partial charge on any atom is -0.506 e. The van der Waals surface area contributed by atoms with E-state index in [1.54, 1.807) is 6.07 Å². The summed E-state index contributed by atoms with van der Waals surface area (Å²) in [6.45, 7) is 5.98. The summed E-state index contributed by atoms with van der Waals surface area (Å²) >= 11 is 0. The molecular formula is C34H31N3O2. The summed E-state index contributed by atoms with van der Waals surface area (Å²) in [4.78, 5) is 9.59. The molecule has 194 valence electrons. The Morgan fingerprint density at radius 2 is 1.59 bits per heavy atom. The molecule has 39 heavy (non-hydrogen) atoms. The van der Waals surface area contributed by atoms with Crippen LogP contribution in [0.5, 0.6) is 17.4 Å². The lowest BCUT2D eigenvalue weighted by molar-refractivity contribution is 0.457. The van der Waals surface area contributed by atoms with Gasteiger partial charge in [-0.1, -0.05) is 31.0 Å². The number of rotatable bonds is 4. The van der Waals surface area contributed by atoms with E-state index in [9.17, 15) is 5.11 Å². The summed E-state index contributed by atoms with van der Waals surface area (Å²) in [6.07, 6.45) is 5.15. The van der Waals surface area contributed by atoms with Crippen molar-refractivity contribution in [3.63, 3.8) is 0 Å². The Morgan fingerprint density at radius 1 is 0.821 bits per heavy atom. The van der Waals surface area contributed by atoms with Crippen molar-refractivity contribution in [2.45, 2.75) is 52.4 Å². The molecule has 5 nitrogen and oxygen atoms in total. The third kappa shape index (κ3) is 4.09. The fraction of sp³-hybridized carbons (Fsp3) is 0.235. The van der Waals surface area contributed by atoms with Crippen LogP contribution in [0.15, 0.2) is 72.8 Å². The Balaban J connectivity index is 1.40. The van der Waals surface area contributed by atoms with Crippen molar-refractivity contribution in [3.8, 4) is 23.2 Å². The first-order valence-electron chi connectivity index (χ1n) is 13.8. The predicted octanol–water partition coefficient (Wildman–Crippen LogP) is 8.81. The first-order valence-corrected chi connectivity index (χ1v) is 13.8. The Morgan fingerprint density at radius 3 is 2.38 bits per heavy atom. The summed E-state index contributed by atoms with van der Waals surface area (Å²) in [6, 6.07) is 25.1. The Kier molecular flexibility index (Phi) is 5.55. The highest BCUT2D eigenvalue weighted by Crippen LogP contribution is 2.40. The van der Waals surface area contributed by atoms with Crippen LogP contribution in [0.4, 0.5) is 0 Å². The Bertz CT molecular complexity index is 1900. The van der Waals surface area contributed by atoms with Crippen molar-refractivity contribution in [1.82, 2.24) is 14.5 Å². The standard InChI is InChI=1S/C34H31N3O2/c1-20-15-25-17-21(2)34(36-33(25)31(38)16-20)39-26-12-14-28-27-13-11-24(23-8-4-5-9-23)18-29(27)37(30(28)19-26)32-10-6-7-22(3)35-32/h6-7,10-19,23,38H,4-5,8-9H2,1-3H3. The van der Waals surface area contributed by atoms with Gasteiger partial charge < -0.3 is 9.84 Å². The maximum atomic E-state index is 10.5. The highest BCUT2D eigenvalue weighted by Gasteiger charge is 2.20. The summed E-state index contributed by atoms with van der Waals surface area (Å²) in [5, 5.41) is 13.8. The molecule has 0 radical (unpaired) electrons. The fourth-order valence-corrected chi connectivity index (χ4v) is 6.21. The zero-order valence-corrected chi connectivity index (χ0v) is 22.5. The van der Waals surface area contributed by atoms with Crippen molar-refractivity contribution < 1.29 is 9.84 Å². The molecule has 1 N–H and O–H groups in total. The van der Waals surface area contributed by atoms with E-state index in [0.717, 1.165) is 38.9 Å². The van der Waals surface area contributed by atoms with Gasteiger partial charge in [-0.25, -0.2) is 9.97 Å². The van der Waals surface area contributed by atoms with E-state index in [-0.39, 0.29) is 5.75 Å². The van der Waals surface area contributed by atoms with E-state index < -0.39 is 0 Å². The van der Waals surface area contributed by atoms with E-state index in [1.807, 2.05) is 45.0 Å². The van der Waals surface area contributed by atoms with E-state index >= 15 is 0 Å². The van der Waals surface area contributed by atoms with Gasteiger partial charge in [-0.3, -0.25) is 4.57 Å². The van der Waals surface area contributed by atoms with Crippen LogP contribution in [0.25, 0.3) is 38.5 Å². The van der Waals surface area contributed by atoms with Crippen molar-refractivity contribution in [3.05, 3.63) is 95.2 Å². The van der Waals surface area contributed by atoms with Crippen LogP contribution >= 0.6 is 0 Å². The van der Waals surface area contributed by atoms with Crippen LogP contribution < -0.4 is 4.74 Å². The van der Waals surface area contributed by atoms with Crippen molar-refractivity contribution in [2.75, 3.05) is 0 Å². The summed E-state index contributed by atoms with van der Waals surface area (Å²) in [5.74, 6) is 2.87. The summed E-state index contributed by atoms with van der Waals surface area (Å²) < 4.78 is 8.63. The zero-order valence-electron chi connectivity index (χ0n) is 22.5. The van der Waals surface area contributed by atoms with Crippen LogP contribution in [-0.2, 0) is 0 Å². The monoisotopic (exact) mass is 513 g/mol. The van der Waals surface area contributed by atoms with E-state index in [0.29, 0.717) is 23.1 Å². The van der Waals surface area contributed by atoms with Crippen molar-refractivity contribution in [1.29, 1.82) is 0 Å². The van der Waals surface area contributed by atoms with Gasteiger partial charge in [0.2, 0.25) is 5.88 Å². The van der Waals surface area contributed by atoms with Gasteiger partial charge in [-0.2, -0.15) is 0 Å². The fourth-order valence-electron chi connectivity index (χ4n) is 6.21. The van der Waals surface area contributed by atoms with Crippen LogP contribution in [0.1, 0.15) is 54.0 Å². The zero-order chi connectivity index (χ0) is 26.7. The van der Waals surface area contributed by atoms with Gasteiger partial charge in [-0.05, 0) is 99.2 Å². The maximum absolute atomic E-state index is 10.5. The van der Waals surface area contributed by atoms with E-state index in [2.05, 4.69) is 47.0 Å². The third-order valence-electron chi connectivity index (χ3n) is 8.09. The third-order valence-corrected chi connectivity index (χ3v) is 8.09.